The van der Waals surface area contributed by atoms with Gasteiger partial charge in [0, 0.05) is 36.0 Å². The molecular formula is C28H21FN2O4. The number of aromatic nitrogens is 1. The maximum Gasteiger partial charge on any atom is 0.225 e. The lowest BCUT2D eigenvalue weighted by Gasteiger charge is -2.14. The Hall–Kier alpha value is -4.39. The number of carbonyl (C=O) groups excluding carboxylic acids is 1. The van der Waals surface area contributed by atoms with Gasteiger partial charge >= 0.3 is 0 Å². The highest BCUT2D eigenvalue weighted by Crippen LogP contribution is 2.40. The minimum absolute atomic E-state index is 0.0913. The molecular weight excluding hydrogens is 447 g/mol. The number of methoxy groups -OCH3 is 1. The first-order valence-electron chi connectivity index (χ1n) is 11.3. The Morgan fingerprint density at radius 3 is 2.77 bits per heavy atom. The molecule has 1 aliphatic rings. The van der Waals surface area contributed by atoms with Crippen molar-refractivity contribution in [1.82, 2.24) is 4.57 Å². The maximum absolute atomic E-state index is 13.8. The van der Waals surface area contributed by atoms with Crippen LogP contribution in [0.3, 0.4) is 0 Å². The van der Waals surface area contributed by atoms with E-state index in [1.54, 1.807) is 24.3 Å². The number of halogens is 1. The number of nitrogens with one attached hydrogen (secondary N) is 1. The third kappa shape index (κ3) is 3.56. The van der Waals surface area contributed by atoms with Crippen LogP contribution in [-0.2, 0) is 11.3 Å². The average molecular weight is 468 g/mol. The van der Waals surface area contributed by atoms with Crippen LogP contribution < -0.4 is 15.5 Å². The van der Waals surface area contributed by atoms with E-state index in [-0.39, 0.29) is 23.6 Å². The highest BCUT2D eigenvalue weighted by atomic mass is 19.1. The Labute approximate surface area is 199 Å². The van der Waals surface area contributed by atoms with E-state index in [4.69, 9.17) is 9.15 Å². The third-order valence-corrected chi connectivity index (χ3v) is 6.60. The number of ether oxygens (including phenoxy) is 1. The van der Waals surface area contributed by atoms with Gasteiger partial charge in [-0.25, -0.2) is 4.39 Å². The van der Waals surface area contributed by atoms with Crippen LogP contribution in [0.5, 0.6) is 5.75 Å². The molecule has 3 heterocycles. The van der Waals surface area contributed by atoms with Crippen molar-refractivity contribution in [3.63, 3.8) is 0 Å². The Morgan fingerprint density at radius 1 is 1.09 bits per heavy atom. The molecule has 3 aromatic carbocycles. The zero-order chi connectivity index (χ0) is 24.1. The van der Waals surface area contributed by atoms with Crippen LogP contribution in [-0.4, -0.2) is 17.6 Å². The van der Waals surface area contributed by atoms with Crippen molar-refractivity contribution in [3.8, 4) is 5.75 Å². The van der Waals surface area contributed by atoms with Crippen molar-refractivity contribution in [2.24, 2.45) is 0 Å². The molecule has 6 rings (SSSR count). The second kappa shape index (κ2) is 8.13. The Bertz CT molecular complexity index is 1680. The van der Waals surface area contributed by atoms with Crippen LogP contribution in [0.15, 0.2) is 82.3 Å². The molecule has 0 radical (unpaired) electrons. The van der Waals surface area contributed by atoms with Gasteiger partial charge in [-0.05, 0) is 53.6 Å². The molecule has 0 spiro atoms. The summed E-state index contributed by atoms with van der Waals surface area (Å²) < 4.78 is 27.0. The number of hydrogen-bond donors (Lipinski definition) is 1. The SMILES string of the molecule is COc1ccc2occ([C@@H]3CC(=O)Nc4cccc5c4c3cn5Cc3cccc(F)c3)c(=O)c2c1. The van der Waals surface area contributed by atoms with Crippen molar-refractivity contribution in [1.29, 1.82) is 0 Å². The summed E-state index contributed by atoms with van der Waals surface area (Å²) in [5, 5.41) is 4.25. The lowest BCUT2D eigenvalue weighted by Crippen LogP contribution is -2.19. The number of benzene rings is 3. The monoisotopic (exact) mass is 468 g/mol. The number of hydrogen-bond acceptors (Lipinski definition) is 4. The summed E-state index contributed by atoms with van der Waals surface area (Å²) in [6.07, 6.45) is 3.51. The number of carbonyl (C=O) groups is 1. The lowest BCUT2D eigenvalue weighted by atomic mass is 9.89. The number of amides is 1. The first-order valence-corrected chi connectivity index (χ1v) is 11.3. The summed E-state index contributed by atoms with van der Waals surface area (Å²) in [5.41, 5.74) is 3.90. The van der Waals surface area contributed by atoms with Crippen molar-refractivity contribution in [2.45, 2.75) is 18.9 Å². The topological polar surface area (TPSA) is 73.5 Å². The molecule has 0 saturated carbocycles. The average Bonchev–Trinajstić information content (AvgIpc) is 3.15. The summed E-state index contributed by atoms with van der Waals surface area (Å²) in [6.45, 7) is 0.446. The predicted octanol–water partition coefficient (Wildman–Crippen LogP) is 5.42. The Balaban J connectivity index is 1.56. The van der Waals surface area contributed by atoms with Gasteiger partial charge in [-0.3, -0.25) is 9.59 Å². The summed E-state index contributed by atoms with van der Waals surface area (Å²) in [4.78, 5) is 26.4. The fourth-order valence-corrected chi connectivity index (χ4v) is 4.98. The fraction of sp³-hybridized carbons (Fsp3) is 0.143. The van der Waals surface area contributed by atoms with E-state index in [1.165, 1.54) is 25.5 Å². The Kier molecular flexibility index (Phi) is 4.91. The van der Waals surface area contributed by atoms with Crippen LogP contribution in [0.4, 0.5) is 10.1 Å². The van der Waals surface area contributed by atoms with Gasteiger partial charge in [0.15, 0.2) is 5.43 Å². The molecule has 35 heavy (non-hydrogen) atoms. The van der Waals surface area contributed by atoms with E-state index in [9.17, 15) is 14.0 Å². The molecule has 0 fully saturated rings. The molecule has 6 nitrogen and oxygen atoms in total. The van der Waals surface area contributed by atoms with Crippen molar-refractivity contribution in [2.75, 3.05) is 12.4 Å². The molecule has 0 aliphatic carbocycles. The summed E-state index contributed by atoms with van der Waals surface area (Å²) in [6, 6.07) is 17.2. The Morgan fingerprint density at radius 2 is 1.94 bits per heavy atom. The van der Waals surface area contributed by atoms with E-state index in [0.717, 1.165) is 22.0 Å². The van der Waals surface area contributed by atoms with Crippen molar-refractivity contribution < 1.29 is 18.3 Å². The minimum Gasteiger partial charge on any atom is -0.497 e. The summed E-state index contributed by atoms with van der Waals surface area (Å²) in [5.74, 6) is -0.438. The quantitative estimate of drug-likeness (QED) is 0.382. The molecule has 1 amide bonds. The minimum atomic E-state index is -0.512. The number of anilines is 1. The first-order chi connectivity index (χ1) is 17.0. The fourth-order valence-electron chi connectivity index (χ4n) is 4.98. The summed E-state index contributed by atoms with van der Waals surface area (Å²) in [7, 11) is 1.54. The predicted molar refractivity (Wildman–Crippen MR) is 132 cm³/mol. The lowest BCUT2D eigenvalue weighted by molar-refractivity contribution is -0.116. The van der Waals surface area contributed by atoms with Crippen LogP contribution in [0.2, 0.25) is 0 Å². The van der Waals surface area contributed by atoms with Crippen LogP contribution in [0.25, 0.3) is 21.9 Å². The second-order valence-corrected chi connectivity index (χ2v) is 8.73. The van der Waals surface area contributed by atoms with Crippen molar-refractivity contribution in [3.05, 3.63) is 106 Å². The number of nitrogens with zero attached hydrogens (tertiary/aromatic N) is 1. The highest BCUT2D eigenvalue weighted by molar-refractivity contribution is 6.06. The van der Waals surface area contributed by atoms with Gasteiger partial charge in [0.2, 0.25) is 5.91 Å². The zero-order valence-electron chi connectivity index (χ0n) is 18.9. The van der Waals surface area contributed by atoms with E-state index >= 15 is 0 Å². The molecule has 1 N–H and O–H groups in total. The molecule has 0 saturated heterocycles. The van der Waals surface area contributed by atoms with Gasteiger partial charge in [0.05, 0.1) is 30.0 Å². The maximum atomic E-state index is 13.8. The normalized spacial score (nSPS) is 15.3. The molecule has 0 unspecified atom stereocenters. The molecule has 7 heteroatoms. The van der Waals surface area contributed by atoms with Gasteiger partial charge < -0.3 is 19.0 Å². The highest BCUT2D eigenvalue weighted by Gasteiger charge is 2.30. The van der Waals surface area contributed by atoms with Gasteiger partial charge in [-0.1, -0.05) is 18.2 Å². The second-order valence-electron chi connectivity index (χ2n) is 8.73. The smallest absolute Gasteiger partial charge is 0.225 e. The van der Waals surface area contributed by atoms with E-state index in [1.807, 2.05) is 35.0 Å². The molecule has 174 valence electrons. The van der Waals surface area contributed by atoms with Gasteiger partial charge in [0.25, 0.3) is 0 Å². The molecule has 1 atom stereocenters. The van der Waals surface area contributed by atoms with E-state index in [0.29, 0.717) is 34.5 Å². The van der Waals surface area contributed by atoms with Crippen LogP contribution in [0, 0.1) is 5.82 Å². The molecule has 5 aromatic rings. The van der Waals surface area contributed by atoms with Crippen molar-refractivity contribution >= 4 is 33.5 Å². The van der Waals surface area contributed by atoms with Gasteiger partial charge in [0.1, 0.15) is 17.1 Å². The largest absolute Gasteiger partial charge is 0.497 e. The third-order valence-electron chi connectivity index (χ3n) is 6.60. The first kappa shape index (κ1) is 21.2. The van der Waals surface area contributed by atoms with E-state index < -0.39 is 5.92 Å². The van der Waals surface area contributed by atoms with Gasteiger partial charge in [-0.2, -0.15) is 0 Å². The zero-order valence-corrected chi connectivity index (χ0v) is 18.9. The standard InChI is InChI=1S/C28H21FN2O4/c1-34-18-8-9-25-20(11-18)28(33)22(15-35-25)19-12-26(32)30-23-6-3-7-24-27(23)21(19)14-31(24)13-16-4-2-5-17(29)10-16/h2-11,14-15,19H,12-13H2,1H3,(H,30,32)/t19-/m1/s1. The summed E-state index contributed by atoms with van der Waals surface area (Å²) >= 11 is 0. The van der Waals surface area contributed by atoms with Crippen LogP contribution >= 0.6 is 0 Å². The van der Waals surface area contributed by atoms with E-state index in [2.05, 4.69) is 5.32 Å². The molecule has 2 aromatic heterocycles. The number of rotatable bonds is 4. The van der Waals surface area contributed by atoms with Gasteiger partial charge in [-0.15, -0.1) is 0 Å². The molecule has 0 bridgehead atoms. The number of fused-ring (bicyclic) bond motifs is 1. The molecule has 1 aliphatic heterocycles. The van der Waals surface area contributed by atoms with Crippen LogP contribution in [0.1, 0.15) is 29.0 Å².